The Balaban J connectivity index is 1.80. The van der Waals surface area contributed by atoms with Gasteiger partial charge in [-0.25, -0.2) is 4.98 Å². The number of ether oxygens (including phenoxy) is 2. The van der Waals surface area contributed by atoms with Gasteiger partial charge < -0.3 is 14.4 Å². The van der Waals surface area contributed by atoms with Crippen molar-refractivity contribution in [3.05, 3.63) is 48.5 Å². The van der Waals surface area contributed by atoms with E-state index in [-0.39, 0.29) is 12.5 Å². The number of hydrogen-bond acceptors (Lipinski definition) is 5. The SMILES string of the molecule is CCOc1ccc2nc(N(CC[NH+](C)C)C(=O)COc3ccccc3)sc2c1. The Morgan fingerprint density at radius 2 is 1.89 bits per heavy atom. The number of hydrogen-bond donors (Lipinski definition) is 1. The predicted molar refractivity (Wildman–Crippen MR) is 113 cm³/mol. The number of quaternary nitrogens is 1. The molecule has 6 nitrogen and oxygen atoms in total. The van der Waals surface area contributed by atoms with Gasteiger partial charge in [-0.15, -0.1) is 0 Å². The van der Waals surface area contributed by atoms with E-state index in [1.54, 1.807) is 4.90 Å². The van der Waals surface area contributed by atoms with Crippen LogP contribution in [-0.2, 0) is 4.79 Å². The highest BCUT2D eigenvalue weighted by Crippen LogP contribution is 2.31. The van der Waals surface area contributed by atoms with Crippen molar-refractivity contribution in [1.29, 1.82) is 0 Å². The van der Waals surface area contributed by atoms with E-state index in [1.165, 1.54) is 16.2 Å². The Kier molecular flexibility index (Phi) is 6.84. The van der Waals surface area contributed by atoms with Crippen LogP contribution in [0.1, 0.15) is 6.92 Å². The number of likely N-dealkylation sites (N-methyl/N-ethyl adjacent to an activating group) is 1. The maximum Gasteiger partial charge on any atom is 0.266 e. The van der Waals surface area contributed by atoms with Crippen molar-refractivity contribution in [1.82, 2.24) is 4.98 Å². The first kappa shape index (κ1) is 20.1. The molecule has 0 aliphatic rings. The molecule has 0 saturated carbocycles. The van der Waals surface area contributed by atoms with E-state index < -0.39 is 0 Å². The van der Waals surface area contributed by atoms with Crippen LogP contribution >= 0.6 is 11.3 Å². The molecule has 28 heavy (non-hydrogen) atoms. The molecule has 0 spiro atoms. The zero-order chi connectivity index (χ0) is 19.9. The summed E-state index contributed by atoms with van der Waals surface area (Å²) in [5.41, 5.74) is 0.863. The van der Waals surface area contributed by atoms with Crippen LogP contribution in [0.25, 0.3) is 10.2 Å². The van der Waals surface area contributed by atoms with Gasteiger partial charge in [0.25, 0.3) is 5.91 Å². The quantitative estimate of drug-likeness (QED) is 0.599. The Morgan fingerprint density at radius 1 is 1.11 bits per heavy atom. The van der Waals surface area contributed by atoms with Gasteiger partial charge in [0.1, 0.15) is 11.5 Å². The van der Waals surface area contributed by atoms with E-state index in [0.717, 1.165) is 22.5 Å². The number of aromatic nitrogens is 1. The number of nitrogens with one attached hydrogen (secondary N) is 1. The first-order chi connectivity index (χ1) is 13.6. The Morgan fingerprint density at radius 3 is 2.61 bits per heavy atom. The molecule has 0 unspecified atom stereocenters. The summed E-state index contributed by atoms with van der Waals surface area (Å²) in [5, 5.41) is 0.687. The number of benzene rings is 2. The summed E-state index contributed by atoms with van der Waals surface area (Å²) >= 11 is 1.50. The third-order valence-electron chi connectivity index (χ3n) is 4.13. The summed E-state index contributed by atoms with van der Waals surface area (Å²) in [4.78, 5) is 20.6. The molecule has 3 aromatic rings. The number of fused-ring (bicyclic) bond motifs is 1. The van der Waals surface area contributed by atoms with Crippen LogP contribution in [0.3, 0.4) is 0 Å². The summed E-state index contributed by atoms with van der Waals surface area (Å²) in [6, 6.07) is 15.2. The second-order valence-electron chi connectivity index (χ2n) is 6.66. The average molecular weight is 401 g/mol. The maximum absolute atomic E-state index is 12.9. The van der Waals surface area contributed by atoms with Crippen molar-refractivity contribution < 1.29 is 19.2 Å². The number of thiazole rings is 1. The lowest BCUT2D eigenvalue weighted by Crippen LogP contribution is -3.06. The molecule has 0 aliphatic heterocycles. The maximum atomic E-state index is 12.9. The van der Waals surface area contributed by atoms with Gasteiger partial charge in [-0.3, -0.25) is 9.69 Å². The smallest absolute Gasteiger partial charge is 0.266 e. The molecule has 0 atom stereocenters. The Labute approximate surface area is 169 Å². The highest BCUT2D eigenvalue weighted by Gasteiger charge is 2.21. The normalized spacial score (nSPS) is 11.0. The fraction of sp³-hybridized carbons (Fsp3) is 0.333. The molecule has 3 rings (SSSR count). The highest BCUT2D eigenvalue weighted by molar-refractivity contribution is 7.22. The number of anilines is 1. The van der Waals surface area contributed by atoms with E-state index >= 15 is 0 Å². The van der Waals surface area contributed by atoms with Gasteiger partial charge >= 0.3 is 0 Å². The van der Waals surface area contributed by atoms with Gasteiger partial charge in [0.05, 0.1) is 44.0 Å². The molecule has 0 radical (unpaired) electrons. The molecule has 0 saturated heterocycles. The molecule has 2 aromatic carbocycles. The zero-order valence-electron chi connectivity index (χ0n) is 16.5. The van der Waals surface area contributed by atoms with E-state index in [0.29, 0.717) is 24.0 Å². The zero-order valence-corrected chi connectivity index (χ0v) is 17.3. The minimum atomic E-state index is -0.103. The number of rotatable bonds is 9. The minimum Gasteiger partial charge on any atom is -0.494 e. The topological polar surface area (TPSA) is 56.1 Å². The molecule has 0 bridgehead atoms. The molecule has 1 aromatic heterocycles. The van der Waals surface area contributed by atoms with Gasteiger partial charge in [-0.1, -0.05) is 29.5 Å². The number of para-hydroxylation sites is 1. The number of amides is 1. The molecule has 7 heteroatoms. The third-order valence-corrected chi connectivity index (χ3v) is 5.17. The summed E-state index contributed by atoms with van der Waals surface area (Å²) < 4.78 is 12.2. The van der Waals surface area contributed by atoms with Crippen molar-refractivity contribution in [2.24, 2.45) is 0 Å². The number of carbonyl (C=O) groups is 1. The van der Waals surface area contributed by atoms with Crippen LogP contribution in [0.4, 0.5) is 5.13 Å². The lowest BCUT2D eigenvalue weighted by Gasteiger charge is -2.20. The minimum absolute atomic E-state index is 0.0209. The van der Waals surface area contributed by atoms with Crippen LogP contribution in [0.5, 0.6) is 11.5 Å². The number of nitrogens with zero attached hydrogens (tertiary/aromatic N) is 2. The Hall–Kier alpha value is -2.64. The van der Waals surface area contributed by atoms with Crippen LogP contribution in [0.2, 0.25) is 0 Å². The molecule has 0 fully saturated rings. The van der Waals surface area contributed by atoms with Gasteiger partial charge in [-0.05, 0) is 37.3 Å². The lowest BCUT2D eigenvalue weighted by molar-refractivity contribution is -0.856. The standard InChI is InChI=1S/C21H25N3O3S/c1-4-26-17-10-11-18-19(14-17)28-21(22-18)24(13-12-23(2)3)20(25)15-27-16-8-6-5-7-9-16/h5-11,14H,4,12-13,15H2,1-3H3/p+1. The molecular formula is C21H26N3O3S+. The highest BCUT2D eigenvalue weighted by atomic mass is 32.1. The summed E-state index contributed by atoms with van der Waals surface area (Å²) in [5.74, 6) is 1.39. The van der Waals surface area contributed by atoms with Gasteiger partial charge in [0.15, 0.2) is 11.7 Å². The van der Waals surface area contributed by atoms with Crippen LogP contribution in [0, 0.1) is 0 Å². The average Bonchev–Trinajstić information content (AvgIpc) is 3.10. The molecule has 148 valence electrons. The van der Waals surface area contributed by atoms with Gasteiger partial charge in [-0.2, -0.15) is 0 Å². The van der Waals surface area contributed by atoms with Gasteiger partial charge in [0.2, 0.25) is 0 Å². The predicted octanol–water partition coefficient (Wildman–Crippen LogP) is 2.25. The number of carbonyl (C=O) groups excluding carboxylic acids is 1. The van der Waals surface area contributed by atoms with Crippen LogP contribution in [0.15, 0.2) is 48.5 Å². The molecular weight excluding hydrogens is 374 g/mol. The monoisotopic (exact) mass is 400 g/mol. The van der Waals surface area contributed by atoms with Crippen molar-refractivity contribution >= 4 is 32.6 Å². The van der Waals surface area contributed by atoms with Crippen molar-refractivity contribution in [3.8, 4) is 11.5 Å². The van der Waals surface area contributed by atoms with Gasteiger partial charge in [0, 0.05) is 0 Å². The van der Waals surface area contributed by atoms with E-state index in [9.17, 15) is 4.79 Å². The third kappa shape index (κ3) is 5.21. The van der Waals surface area contributed by atoms with Crippen molar-refractivity contribution in [2.75, 3.05) is 45.3 Å². The second kappa shape index (κ2) is 9.52. The lowest BCUT2D eigenvalue weighted by atomic mass is 10.3. The fourth-order valence-electron chi connectivity index (χ4n) is 2.67. The van der Waals surface area contributed by atoms with E-state index in [4.69, 9.17) is 9.47 Å². The molecule has 1 amide bonds. The summed E-state index contributed by atoms with van der Waals surface area (Å²) in [7, 11) is 4.13. The van der Waals surface area contributed by atoms with E-state index in [2.05, 4.69) is 19.1 Å². The van der Waals surface area contributed by atoms with Crippen LogP contribution < -0.4 is 19.3 Å². The largest absolute Gasteiger partial charge is 0.494 e. The summed E-state index contributed by atoms with van der Waals surface area (Å²) in [6.07, 6.45) is 0. The van der Waals surface area contributed by atoms with Crippen LogP contribution in [-0.4, -0.2) is 51.3 Å². The molecule has 0 aliphatic carbocycles. The van der Waals surface area contributed by atoms with Crippen molar-refractivity contribution in [3.63, 3.8) is 0 Å². The molecule has 1 heterocycles. The summed E-state index contributed by atoms with van der Waals surface area (Å²) in [6.45, 7) is 3.95. The van der Waals surface area contributed by atoms with Crippen molar-refractivity contribution in [2.45, 2.75) is 6.92 Å². The fourth-order valence-corrected chi connectivity index (χ4v) is 3.70. The first-order valence-corrected chi connectivity index (χ1v) is 10.2. The molecule has 1 N–H and O–H groups in total. The second-order valence-corrected chi connectivity index (χ2v) is 7.67. The Bertz CT molecular complexity index is 912. The first-order valence-electron chi connectivity index (χ1n) is 9.37. The van der Waals surface area contributed by atoms with E-state index in [1.807, 2.05) is 55.5 Å².